The Balaban J connectivity index is 1.65. The number of carbonyl (C=O) groups is 1. The van der Waals surface area contributed by atoms with Crippen LogP contribution in [-0.4, -0.2) is 28.2 Å². The molecule has 0 radical (unpaired) electrons. The van der Waals surface area contributed by atoms with Crippen molar-refractivity contribution in [2.24, 2.45) is 0 Å². The lowest BCUT2D eigenvalue weighted by molar-refractivity contribution is -0.141. The lowest BCUT2D eigenvalue weighted by Gasteiger charge is -2.31. The Kier molecular flexibility index (Phi) is 5.84. The number of carbonyl (C=O) groups excluding carboxylic acids is 1. The maximum absolute atomic E-state index is 13.4. The lowest BCUT2D eigenvalue weighted by atomic mass is 9.73. The van der Waals surface area contributed by atoms with Crippen molar-refractivity contribution in [1.82, 2.24) is 14.9 Å². The summed E-state index contributed by atoms with van der Waals surface area (Å²) in [7, 11) is 0. The molecule has 1 heterocycles. The van der Waals surface area contributed by atoms with E-state index in [-0.39, 0.29) is 0 Å². The van der Waals surface area contributed by atoms with Crippen LogP contribution >= 0.6 is 0 Å². The number of nitrogens with zero attached hydrogens (tertiary/aromatic N) is 2. The zero-order chi connectivity index (χ0) is 22.9. The lowest BCUT2D eigenvalue weighted by Crippen LogP contribution is -2.47. The predicted molar refractivity (Wildman–Crippen MR) is 117 cm³/mol. The van der Waals surface area contributed by atoms with Gasteiger partial charge in [0.15, 0.2) is 0 Å². The van der Waals surface area contributed by atoms with Crippen LogP contribution < -0.4 is 5.32 Å². The minimum absolute atomic E-state index is 0.428. The van der Waals surface area contributed by atoms with Crippen LogP contribution in [0, 0.1) is 13.8 Å². The largest absolute Gasteiger partial charge is 0.405 e. The molecule has 1 aliphatic carbocycles. The number of unbranched alkanes of at least 4 members (excludes halogenated alkanes) is 1. The van der Waals surface area contributed by atoms with Crippen molar-refractivity contribution in [3.8, 4) is 11.1 Å². The number of alkyl halides is 3. The van der Waals surface area contributed by atoms with Crippen molar-refractivity contribution in [3.63, 3.8) is 0 Å². The van der Waals surface area contributed by atoms with Crippen LogP contribution in [-0.2, 0) is 16.8 Å². The SMILES string of the molecule is Cc1cn(CCCCC2(C(=O)NCC(F)(F)F)c3ccccc3-c3ccccc32)c(C)n1. The molecule has 1 aliphatic rings. The van der Waals surface area contributed by atoms with Gasteiger partial charge in [-0.3, -0.25) is 4.79 Å². The smallest absolute Gasteiger partial charge is 0.346 e. The van der Waals surface area contributed by atoms with E-state index in [0.29, 0.717) is 12.8 Å². The molecule has 1 aromatic heterocycles. The number of imidazole rings is 1. The van der Waals surface area contributed by atoms with Gasteiger partial charge in [0.25, 0.3) is 0 Å². The highest BCUT2D eigenvalue weighted by atomic mass is 19.4. The molecule has 0 spiro atoms. The van der Waals surface area contributed by atoms with Gasteiger partial charge in [-0.15, -0.1) is 0 Å². The molecule has 0 saturated heterocycles. The first kappa shape index (κ1) is 22.1. The molecular weight excluding hydrogens is 415 g/mol. The van der Waals surface area contributed by atoms with E-state index in [2.05, 4.69) is 14.9 Å². The van der Waals surface area contributed by atoms with Crippen LogP contribution in [0.3, 0.4) is 0 Å². The Morgan fingerprint density at radius 3 is 2.12 bits per heavy atom. The van der Waals surface area contributed by atoms with Gasteiger partial charge in [-0.05, 0) is 55.4 Å². The number of fused-ring (bicyclic) bond motifs is 3. The Labute approximate surface area is 185 Å². The van der Waals surface area contributed by atoms with Crippen LogP contribution in [0.1, 0.15) is 41.9 Å². The first-order valence-electron chi connectivity index (χ1n) is 10.8. The number of hydrogen-bond acceptors (Lipinski definition) is 2. The summed E-state index contributed by atoms with van der Waals surface area (Å²) in [4.78, 5) is 17.8. The molecule has 4 rings (SSSR count). The van der Waals surface area contributed by atoms with Crippen LogP contribution in [0.2, 0.25) is 0 Å². The second-order valence-electron chi connectivity index (χ2n) is 8.37. The fourth-order valence-corrected chi connectivity index (χ4v) is 4.85. The van der Waals surface area contributed by atoms with Crippen LogP contribution in [0.25, 0.3) is 11.1 Å². The summed E-state index contributed by atoms with van der Waals surface area (Å²) in [6.07, 6.45) is -0.585. The number of benzene rings is 2. The van der Waals surface area contributed by atoms with E-state index in [9.17, 15) is 18.0 Å². The highest BCUT2D eigenvalue weighted by Crippen LogP contribution is 2.51. The average Bonchev–Trinajstić information content (AvgIpc) is 3.23. The summed E-state index contributed by atoms with van der Waals surface area (Å²) >= 11 is 0. The minimum Gasteiger partial charge on any atom is -0.346 e. The minimum atomic E-state index is -4.47. The Hall–Kier alpha value is -3.09. The van der Waals surface area contributed by atoms with Gasteiger partial charge in [0, 0.05) is 12.7 Å². The van der Waals surface area contributed by atoms with E-state index in [1.165, 1.54) is 0 Å². The molecule has 2 aromatic carbocycles. The van der Waals surface area contributed by atoms with Gasteiger partial charge in [-0.1, -0.05) is 48.5 Å². The van der Waals surface area contributed by atoms with Gasteiger partial charge in [0.1, 0.15) is 17.8 Å². The van der Waals surface area contributed by atoms with Crippen molar-refractivity contribution < 1.29 is 18.0 Å². The number of halogens is 3. The van der Waals surface area contributed by atoms with E-state index in [1.807, 2.05) is 68.6 Å². The highest BCUT2D eigenvalue weighted by Gasteiger charge is 2.49. The zero-order valence-corrected chi connectivity index (χ0v) is 18.2. The Bertz CT molecular complexity index is 1090. The predicted octanol–water partition coefficient (Wildman–Crippen LogP) is 5.32. The maximum Gasteiger partial charge on any atom is 0.405 e. The number of aromatic nitrogens is 2. The summed E-state index contributed by atoms with van der Waals surface area (Å²) in [5.41, 5.74) is 3.17. The van der Waals surface area contributed by atoms with Gasteiger partial charge < -0.3 is 9.88 Å². The second kappa shape index (κ2) is 8.45. The normalized spacial score (nSPS) is 14.2. The molecule has 0 bridgehead atoms. The zero-order valence-electron chi connectivity index (χ0n) is 18.2. The van der Waals surface area contributed by atoms with E-state index >= 15 is 0 Å². The fraction of sp³-hybridized carbons (Fsp3) is 0.360. The molecule has 0 atom stereocenters. The molecule has 32 heavy (non-hydrogen) atoms. The molecule has 3 aromatic rings. The summed E-state index contributed by atoms with van der Waals surface area (Å²) in [6.45, 7) is 3.29. The van der Waals surface area contributed by atoms with Gasteiger partial charge in [-0.25, -0.2) is 4.98 Å². The molecule has 0 fully saturated rings. The van der Waals surface area contributed by atoms with Gasteiger partial charge in [-0.2, -0.15) is 13.2 Å². The van der Waals surface area contributed by atoms with E-state index in [4.69, 9.17) is 0 Å². The van der Waals surface area contributed by atoms with Crippen molar-refractivity contribution >= 4 is 5.91 Å². The summed E-state index contributed by atoms with van der Waals surface area (Å²) in [5.74, 6) is 0.332. The number of aryl methyl sites for hydroxylation is 3. The fourth-order valence-electron chi connectivity index (χ4n) is 4.85. The number of amides is 1. The Morgan fingerprint density at radius 1 is 1.00 bits per heavy atom. The monoisotopic (exact) mass is 441 g/mol. The molecule has 0 aliphatic heterocycles. The van der Waals surface area contributed by atoms with Crippen molar-refractivity contribution in [3.05, 3.63) is 77.4 Å². The summed E-state index contributed by atoms with van der Waals surface area (Å²) in [6, 6.07) is 15.1. The molecule has 0 unspecified atom stereocenters. The van der Waals surface area contributed by atoms with Crippen LogP contribution in [0.15, 0.2) is 54.7 Å². The molecule has 7 heteroatoms. The molecule has 168 valence electrons. The molecule has 4 nitrogen and oxygen atoms in total. The molecular formula is C25H26F3N3O. The Morgan fingerprint density at radius 2 is 1.59 bits per heavy atom. The van der Waals surface area contributed by atoms with Gasteiger partial charge >= 0.3 is 6.18 Å². The molecule has 1 N–H and O–H groups in total. The third-order valence-corrected chi connectivity index (χ3v) is 6.20. The maximum atomic E-state index is 13.4. The standard InChI is InChI=1S/C25H26F3N3O/c1-17-15-31(18(2)30-17)14-8-7-13-24(23(32)29-16-25(26,27)28)21-11-5-3-9-19(21)20-10-4-6-12-22(20)24/h3-6,9-12,15H,7-8,13-14,16H2,1-2H3,(H,29,32). The third-order valence-electron chi connectivity index (χ3n) is 6.20. The highest BCUT2D eigenvalue weighted by molar-refractivity contribution is 6.00. The summed E-state index contributed by atoms with van der Waals surface area (Å²) in [5, 5.41) is 2.18. The summed E-state index contributed by atoms with van der Waals surface area (Å²) < 4.78 is 40.9. The van der Waals surface area contributed by atoms with Gasteiger partial charge in [0.05, 0.1) is 5.69 Å². The quantitative estimate of drug-likeness (QED) is 0.505. The van der Waals surface area contributed by atoms with E-state index in [0.717, 1.165) is 46.7 Å². The van der Waals surface area contributed by atoms with E-state index in [1.54, 1.807) is 0 Å². The number of rotatable bonds is 7. The number of hydrogen-bond donors (Lipinski definition) is 1. The van der Waals surface area contributed by atoms with Crippen molar-refractivity contribution in [2.45, 2.75) is 51.2 Å². The van der Waals surface area contributed by atoms with Gasteiger partial charge in [0.2, 0.25) is 5.91 Å². The first-order chi connectivity index (χ1) is 15.2. The van der Waals surface area contributed by atoms with Crippen LogP contribution in [0.5, 0.6) is 0 Å². The molecule has 1 amide bonds. The second-order valence-corrected chi connectivity index (χ2v) is 8.37. The molecule has 0 saturated carbocycles. The van der Waals surface area contributed by atoms with Crippen molar-refractivity contribution in [2.75, 3.05) is 6.54 Å². The van der Waals surface area contributed by atoms with E-state index < -0.39 is 24.0 Å². The number of nitrogens with one attached hydrogen (secondary N) is 1. The average molecular weight is 441 g/mol. The van der Waals surface area contributed by atoms with Crippen LogP contribution in [0.4, 0.5) is 13.2 Å². The topological polar surface area (TPSA) is 46.9 Å². The van der Waals surface area contributed by atoms with Crippen molar-refractivity contribution in [1.29, 1.82) is 0 Å². The third kappa shape index (κ3) is 4.04. The first-order valence-corrected chi connectivity index (χ1v) is 10.8.